The molecule has 1 atom stereocenters. The number of thioether (sulfide) groups is 1. The molecule has 0 aliphatic heterocycles. The summed E-state index contributed by atoms with van der Waals surface area (Å²) in [6, 6.07) is 9.84. The summed E-state index contributed by atoms with van der Waals surface area (Å²) in [4.78, 5) is 11.4. The van der Waals surface area contributed by atoms with Crippen molar-refractivity contribution in [2.24, 2.45) is 11.1 Å². The van der Waals surface area contributed by atoms with Crippen LogP contribution in [-0.2, 0) is 10.5 Å². The lowest BCUT2D eigenvalue weighted by Gasteiger charge is -2.11. The van der Waals surface area contributed by atoms with E-state index < -0.39 is 5.92 Å². The highest BCUT2D eigenvalue weighted by atomic mass is 32.2. The van der Waals surface area contributed by atoms with Crippen LogP contribution >= 0.6 is 11.8 Å². The van der Waals surface area contributed by atoms with Crippen LogP contribution in [0.3, 0.4) is 0 Å². The number of nitrogens with one attached hydrogen (secondary N) is 1. The topological polar surface area (TPSA) is 61.7 Å². The van der Waals surface area contributed by atoms with Crippen LogP contribution in [0.2, 0.25) is 0 Å². The van der Waals surface area contributed by atoms with Gasteiger partial charge in [0.2, 0.25) is 5.91 Å². The van der Waals surface area contributed by atoms with Crippen LogP contribution in [0, 0.1) is 5.92 Å². The molecule has 0 spiro atoms. The molecule has 0 aliphatic rings. The number of benzene rings is 1. The number of rotatable bonds is 4. The van der Waals surface area contributed by atoms with Crippen molar-refractivity contribution in [1.82, 2.24) is 5.32 Å². The number of hydrogen-bond donors (Lipinski definition) is 2. The summed E-state index contributed by atoms with van der Waals surface area (Å²) in [6.45, 7) is 1.71. The largest absolute Gasteiger partial charge is 0.410 e. The molecule has 0 fully saturated rings. The van der Waals surface area contributed by atoms with Gasteiger partial charge in [-0.3, -0.25) is 4.79 Å². The maximum atomic E-state index is 11.4. The minimum atomic E-state index is -0.432. The SMILES string of the molecule is CNC(=O)C(C)C(=NO)SCc1ccccc1. The fourth-order valence-corrected chi connectivity index (χ4v) is 2.22. The summed E-state index contributed by atoms with van der Waals surface area (Å²) >= 11 is 1.37. The Kier molecular flexibility index (Phi) is 5.56. The van der Waals surface area contributed by atoms with Crippen LogP contribution in [0.15, 0.2) is 35.5 Å². The Hall–Kier alpha value is -1.49. The molecule has 5 heteroatoms. The fraction of sp³-hybridized carbons (Fsp3) is 0.333. The van der Waals surface area contributed by atoms with Crippen LogP contribution < -0.4 is 5.32 Å². The first-order chi connectivity index (χ1) is 8.19. The van der Waals surface area contributed by atoms with E-state index in [1.807, 2.05) is 30.3 Å². The van der Waals surface area contributed by atoms with Crippen molar-refractivity contribution >= 4 is 22.7 Å². The van der Waals surface area contributed by atoms with E-state index in [0.717, 1.165) is 5.56 Å². The van der Waals surface area contributed by atoms with E-state index in [0.29, 0.717) is 10.8 Å². The smallest absolute Gasteiger partial charge is 0.229 e. The average Bonchev–Trinajstić information content (AvgIpc) is 2.39. The van der Waals surface area contributed by atoms with Gasteiger partial charge in [-0.05, 0) is 12.5 Å². The number of hydrogen-bond acceptors (Lipinski definition) is 4. The monoisotopic (exact) mass is 252 g/mol. The maximum absolute atomic E-state index is 11.4. The lowest BCUT2D eigenvalue weighted by atomic mass is 10.2. The first kappa shape index (κ1) is 13.6. The Morgan fingerprint density at radius 3 is 2.65 bits per heavy atom. The standard InChI is InChI=1S/C12H16N2O2S/c1-9(11(15)13-2)12(14-16)17-8-10-6-4-3-5-7-10/h3-7,9,16H,8H2,1-2H3,(H,13,15). The third-order valence-corrected chi connectivity index (χ3v) is 3.55. The predicted octanol–water partition coefficient (Wildman–Crippen LogP) is 2.09. The van der Waals surface area contributed by atoms with E-state index in [9.17, 15) is 4.79 Å². The second kappa shape index (κ2) is 6.96. The molecule has 17 heavy (non-hydrogen) atoms. The van der Waals surface area contributed by atoms with Gasteiger partial charge in [0.25, 0.3) is 0 Å². The van der Waals surface area contributed by atoms with Crippen molar-refractivity contribution in [1.29, 1.82) is 0 Å². The number of carbonyl (C=O) groups excluding carboxylic acids is 1. The molecule has 0 aliphatic carbocycles. The molecule has 0 aromatic heterocycles. The highest BCUT2D eigenvalue weighted by Crippen LogP contribution is 2.18. The Balaban J connectivity index is 2.57. The Morgan fingerprint density at radius 1 is 1.47 bits per heavy atom. The van der Waals surface area contributed by atoms with E-state index in [-0.39, 0.29) is 5.91 Å². The molecule has 0 radical (unpaired) electrons. The lowest BCUT2D eigenvalue weighted by molar-refractivity contribution is -0.122. The van der Waals surface area contributed by atoms with Crippen molar-refractivity contribution in [3.05, 3.63) is 35.9 Å². The number of oxime groups is 1. The molecular weight excluding hydrogens is 236 g/mol. The normalized spacial score (nSPS) is 13.2. The third-order valence-electron chi connectivity index (χ3n) is 2.34. The zero-order valence-corrected chi connectivity index (χ0v) is 10.7. The molecule has 0 heterocycles. The molecule has 92 valence electrons. The quantitative estimate of drug-likeness (QED) is 0.373. The van der Waals surface area contributed by atoms with Gasteiger partial charge in [0.1, 0.15) is 5.04 Å². The van der Waals surface area contributed by atoms with Crippen molar-refractivity contribution < 1.29 is 10.0 Å². The second-order valence-electron chi connectivity index (χ2n) is 3.55. The van der Waals surface area contributed by atoms with E-state index in [4.69, 9.17) is 5.21 Å². The van der Waals surface area contributed by atoms with Crippen molar-refractivity contribution in [2.75, 3.05) is 7.05 Å². The molecule has 4 nitrogen and oxygen atoms in total. The molecule has 1 unspecified atom stereocenters. The zero-order valence-electron chi connectivity index (χ0n) is 9.88. The number of carbonyl (C=O) groups is 1. The van der Waals surface area contributed by atoms with Gasteiger partial charge in [0, 0.05) is 12.8 Å². The van der Waals surface area contributed by atoms with E-state index in [1.54, 1.807) is 14.0 Å². The van der Waals surface area contributed by atoms with Gasteiger partial charge in [-0.15, -0.1) is 11.8 Å². The third kappa shape index (κ3) is 4.11. The minimum Gasteiger partial charge on any atom is -0.410 e. The highest BCUT2D eigenvalue weighted by molar-refractivity contribution is 8.13. The Morgan fingerprint density at radius 2 is 2.12 bits per heavy atom. The summed E-state index contributed by atoms with van der Waals surface area (Å²) in [6.07, 6.45) is 0. The lowest BCUT2D eigenvalue weighted by Crippen LogP contribution is -2.29. The summed E-state index contributed by atoms with van der Waals surface area (Å²) in [5.74, 6) is 0.0961. The van der Waals surface area contributed by atoms with Gasteiger partial charge in [-0.25, -0.2) is 0 Å². The summed E-state index contributed by atoms with van der Waals surface area (Å²) in [5, 5.41) is 15.1. The molecule has 1 amide bonds. The molecule has 0 saturated carbocycles. The van der Waals surface area contributed by atoms with Crippen LogP contribution in [0.1, 0.15) is 12.5 Å². The van der Waals surface area contributed by atoms with Gasteiger partial charge < -0.3 is 10.5 Å². The summed E-state index contributed by atoms with van der Waals surface area (Å²) < 4.78 is 0. The van der Waals surface area contributed by atoms with Crippen LogP contribution in [-0.4, -0.2) is 23.2 Å². The molecule has 1 aromatic carbocycles. The van der Waals surface area contributed by atoms with Crippen LogP contribution in [0.4, 0.5) is 0 Å². The van der Waals surface area contributed by atoms with E-state index >= 15 is 0 Å². The summed E-state index contributed by atoms with van der Waals surface area (Å²) in [5.41, 5.74) is 1.13. The van der Waals surface area contributed by atoms with E-state index in [1.165, 1.54) is 11.8 Å². The molecule has 1 aromatic rings. The van der Waals surface area contributed by atoms with Crippen LogP contribution in [0.5, 0.6) is 0 Å². The predicted molar refractivity (Wildman–Crippen MR) is 70.2 cm³/mol. The molecule has 0 saturated heterocycles. The number of amides is 1. The fourth-order valence-electron chi connectivity index (χ4n) is 1.30. The first-order valence-electron chi connectivity index (χ1n) is 5.29. The highest BCUT2D eigenvalue weighted by Gasteiger charge is 2.19. The average molecular weight is 252 g/mol. The van der Waals surface area contributed by atoms with Crippen molar-refractivity contribution in [2.45, 2.75) is 12.7 Å². The maximum Gasteiger partial charge on any atom is 0.229 e. The van der Waals surface area contributed by atoms with Gasteiger partial charge in [0.05, 0.1) is 5.92 Å². The molecule has 1 rings (SSSR count). The van der Waals surface area contributed by atoms with Gasteiger partial charge in [-0.1, -0.05) is 35.5 Å². The van der Waals surface area contributed by atoms with Gasteiger partial charge in [-0.2, -0.15) is 0 Å². The molecular formula is C12H16N2O2S. The Bertz CT molecular complexity index is 393. The summed E-state index contributed by atoms with van der Waals surface area (Å²) in [7, 11) is 1.57. The second-order valence-corrected chi connectivity index (χ2v) is 4.54. The molecule has 0 bridgehead atoms. The van der Waals surface area contributed by atoms with Crippen LogP contribution in [0.25, 0.3) is 0 Å². The minimum absolute atomic E-state index is 0.154. The zero-order chi connectivity index (χ0) is 12.7. The van der Waals surface area contributed by atoms with Gasteiger partial charge >= 0.3 is 0 Å². The van der Waals surface area contributed by atoms with Crippen molar-refractivity contribution in [3.8, 4) is 0 Å². The molecule has 2 N–H and O–H groups in total. The van der Waals surface area contributed by atoms with Crippen molar-refractivity contribution in [3.63, 3.8) is 0 Å². The van der Waals surface area contributed by atoms with Gasteiger partial charge in [0.15, 0.2) is 0 Å². The van der Waals surface area contributed by atoms with E-state index in [2.05, 4.69) is 10.5 Å². The Labute approximate surface area is 105 Å². The number of nitrogens with zero attached hydrogens (tertiary/aromatic N) is 1. The first-order valence-corrected chi connectivity index (χ1v) is 6.28.